The lowest BCUT2D eigenvalue weighted by Gasteiger charge is -2.15. The van der Waals surface area contributed by atoms with Gasteiger partial charge in [0.25, 0.3) is 0 Å². The molecular weight excluding hydrogens is 339 g/mol. The Kier molecular flexibility index (Phi) is 9.12. The highest BCUT2D eigenvalue weighted by Gasteiger charge is 2.27. The van der Waals surface area contributed by atoms with Crippen molar-refractivity contribution in [2.45, 2.75) is 38.9 Å². The van der Waals surface area contributed by atoms with Crippen molar-refractivity contribution in [3.63, 3.8) is 0 Å². The zero-order chi connectivity index (χ0) is 18.7. The first kappa shape index (κ1) is 21.1. The second-order valence-electron chi connectivity index (χ2n) is 5.43. The molecule has 0 aliphatic rings. The third kappa shape index (κ3) is 9.81. The fourth-order valence-electron chi connectivity index (χ4n) is 2.00. The summed E-state index contributed by atoms with van der Waals surface area (Å²) in [4.78, 5) is 11.7. The average Bonchev–Trinajstić information content (AvgIpc) is 2.52. The van der Waals surface area contributed by atoms with Gasteiger partial charge in [-0.05, 0) is 32.4 Å². The number of amides is 1. The van der Waals surface area contributed by atoms with Gasteiger partial charge in [0, 0.05) is 12.5 Å². The number of nitrogens with one attached hydrogen (secondary N) is 1. The molecular formula is C17H24F3NO4. The molecule has 1 rings (SSSR count). The van der Waals surface area contributed by atoms with E-state index >= 15 is 0 Å². The van der Waals surface area contributed by atoms with Crippen LogP contribution in [-0.2, 0) is 9.53 Å². The average molecular weight is 363 g/mol. The molecule has 0 bridgehead atoms. The minimum atomic E-state index is -4.36. The first-order chi connectivity index (χ1) is 11.8. The molecule has 0 heterocycles. The molecule has 0 spiro atoms. The summed E-state index contributed by atoms with van der Waals surface area (Å²) in [5.41, 5.74) is 0. The van der Waals surface area contributed by atoms with Crippen molar-refractivity contribution >= 4 is 5.91 Å². The van der Waals surface area contributed by atoms with Crippen molar-refractivity contribution in [1.82, 2.24) is 5.32 Å². The van der Waals surface area contributed by atoms with Crippen LogP contribution in [0.4, 0.5) is 13.2 Å². The van der Waals surface area contributed by atoms with Crippen LogP contribution < -0.4 is 14.8 Å². The second-order valence-corrected chi connectivity index (χ2v) is 5.43. The minimum Gasteiger partial charge on any atom is -0.490 e. The van der Waals surface area contributed by atoms with E-state index in [0.29, 0.717) is 31.1 Å². The zero-order valence-electron chi connectivity index (χ0n) is 14.4. The number of hydrogen-bond donors (Lipinski definition) is 1. The predicted octanol–water partition coefficient (Wildman–Crippen LogP) is 3.33. The van der Waals surface area contributed by atoms with E-state index in [0.717, 1.165) is 0 Å². The summed E-state index contributed by atoms with van der Waals surface area (Å²) in [5, 5.41) is 2.58. The summed E-state index contributed by atoms with van der Waals surface area (Å²) in [7, 11) is 0. The molecule has 0 aliphatic carbocycles. The number of rotatable bonds is 11. The summed E-state index contributed by atoms with van der Waals surface area (Å²) in [6, 6.07) is 6.76. The molecule has 8 heteroatoms. The van der Waals surface area contributed by atoms with Crippen LogP contribution in [0.3, 0.4) is 0 Å². The van der Waals surface area contributed by atoms with Gasteiger partial charge in [-0.15, -0.1) is 0 Å². The largest absolute Gasteiger partial charge is 0.490 e. The molecule has 0 fully saturated rings. The maximum absolute atomic E-state index is 12.0. The Morgan fingerprint density at radius 2 is 1.84 bits per heavy atom. The molecule has 142 valence electrons. The number of ether oxygens (including phenoxy) is 3. The standard InChI is InChI=1S/C17H24F3NO4/c1-3-24-14-7-4-5-8-15(14)25-10-6-9-16(22)21-13(2)11-23-12-17(18,19)20/h4-5,7-8,13H,3,6,9-12H2,1-2H3,(H,21,22). The molecule has 1 aromatic rings. The summed E-state index contributed by atoms with van der Waals surface area (Å²) in [6.07, 6.45) is -3.68. The van der Waals surface area contributed by atoms with Crippen molar-refractivity contribution in [3.05, 3.63) is 24.3 Å². The lowest BCUT2D eigenvalue weighted by atomic mass is 10.2. The Hall–Kier alpha value is -1.96. The summed E-state index contributed by atoms with van der Waals surface area (Å²) >= 11 is 0. The molecule has 0 aliphatic heterocycles. The molecule has 1 aromatic carbocycles. The smallest absolute Gasteiger partial charge is 0.411 e. The SMILES string of the molecule is CCOc1ccccc1OCCCC(=O)NC(C)COCC(F)(F)F. The van der Waals surface area contributed by atoms with Crippen LogP contribution in [0.15, 0.2) is 24.3 Å². The Balaban J connectivity index is 2.20. The van der Waals surface area contributed by atoms with E-state index in [-0.39, 0.29) is 18.9 Å². The lowest BCUT2D eigenvalue weighted by molar-refractivity contribution is -0.175. The summed E-state index contributed by atoms with van der Waals surface area (Å²) < 4.78 is 51.4. The number of carbonyl (C=O) groups is 1. The van der Waals surface area contributed by atoms with Crippen LogP contribution in [-0.4, -0.2) is 44.6 Å². The first-order valence-electron chi connectivity index (χ1n) is 8.10. The van der Waals surface area contributed by atoms with Gasteiger partial charge in [0.05, 0.1) is 19.8 Å². The number of alkyl halides is 3. The van der Waals surface area contributed by atoms with Crippen LogP contribution in [0.1, 0.15) is 26.7 Å². The van der Waals surface area contributed by atoms with Crippen LogP contribution in [0, 0.1) is 0 Å². The molecule has 25 heavy (non-hydrogen) atoms. The van der Waals surface area contributed by atoms with E-state index in [1.54, 1.807) is 19.1 Å². The van der Waals surface area contributed by atoms with E-state index < -0.39 is 18.8 Å². The molecule has 1 N–H and O–H groups in total. The first-order valence-corrected chi connectivity index (χ1v) is 8.10. The number of para-hydroxylation sites is 2. The van der Waals surface area contributed by atoms with Gasteiger partial charge >= 0.3 is 6.18 Å². The van der Waals surface area contributed by atoms with E-state index in [1.807, 2.05) is 19.1 Å². The van der Waals surface area contributed by atoms with Crippen molar-refractivity contribution in [1.29, 1.82) is 0 Å². The number of carbonyl (C=O) groups excluding carboxylic acids is 1. The number of halogens is 3. The third-order valence-corrected chi connectivity index (χ3v) is 3.00. The van der Waals surface area contributed by atoms with E-state index in [2.05, 4.69) is 10.1 Å². The highest BCUT2D eigenvalue weighted by Crippen LogP contribution is 2.26. The lowest BCUT2D eigenvalue weighted by Crippen LogP contribution is -2.36. The fourth-order valence-corrected chi connectivity index (χ4v) is 2.00. The molecule has 0 aromatic heterocycles. The maximum atomic E-state index is 12.0. The Morgan fingerprint density at radius 1 is 1.20 bits per heavy atom. The van der Waals surface area contributed by atoms with Crippen LogP contribution >= 0.6 is 0 Å². The van der Waals surface area contributed by atoms with Gasteiger partial charge in [-0.2, -0.15) is 13.2 Å². The van der Waals surface area contributed by atoms with Gasteiger partial charge in [0.1, 0.15) is 6.61 Å². The minimum absolute atomic E-state index is 0.191. The Bertz CT molecular complexity index is 523. The Labute approximate surface area is 145 Å². The van der Waals surface area contributed by atoms with E-state index in [9.17, 15) is 18.0 Å². The third-order valence-electron chi connectivity index (χ3n) is 3.00. The molecule has 1 amide bonds. The predicted molar refractivity (Wildman–Crippen MR) is 86.8 cm³/mol. The normalized spacial score (nSPS) is 12.5. The monoisotopic (exact) mass is 363 g/mol. The number of benzene rings is 1. The topological polar surface area (TPSA) is 56.8 Å². The zero-order valence-corrected chi connectivity index (χ0v) is 14.4. The number of hydrogen-bond acceptors (Lipinski definition) is 4. The van der Waals surface area contributed by atoms with Gasteiger partial charge in [-0.1, -0.05) is 12.1 Å². The van der Waals surface area contributed by atoms with Crippen LogP contribution in [0.5, 0.6) is 11.5 Å². The van der Waals surface area contributed by atoms with E-state index in [4.69, 9.17) is 9.47 Å². The summed E-state index contributed by atoms with van der Waals surface area (Å²) in [5.74, 6) is 0.994. The fraction of sp³-hybridized carbons (Fsp3) is 0.588. The van der Waals surface area contributed by atoms with Crippen LogP contribution in [0.25, 0.3) is 0 Å². The quantitative estimate of drug-likeness (QED) is 0.613. The Morgan fingerprint density at radius 3 is 2.44 bits per heavy atom. The second kappa shape index (κ2) is 10.8. The van der Waals surface area contributed by atoms with Crippen molar-refractivity contribution in [3.8, 4) is 11.5 Å². The van der Waals surface area contributed by atoms with Gasteiger partial charge in [0.15, 0.2) is 11.5 Å². The molecule has 0 saturated carbocycles. The molecule has 1 unspecified atom stereocenters. The van der Waals surface area contributed by atoms with Gasteiger partial charge in [0.2, 0.25) is 5.91 Å². The van der Waals surface area contributed by atoms with Gasteiger partial charge < -0.3 is 19.5 Å². The highest BCUT2D eigenvalue weighted by atomic mass is 19.4. The van der Waals surface area contributed by atoms with Crippen LogP contribution in [0.2, 0.25) is 0 Å². The molecule has 5 nitrogen and oxygen atoms in total. The summed E-state index contributed by atoms with van der Waals surface area (Å²) in [6.45, 7) is 2.81. The van der Waals surface area contributed by atoms with Crippen molar-refractivity contribution in [2.75, 3.05) is 26.4 Å². The molecule has 1 atom stereocenters. The van der Waals surface area contributed by atoms with Gasteiger partial charge in [-0.25, -0.2) is 0 Å². The highest BCUT2D eigenvalue weighted by molar-refractivity contribution is 5.76. The molecule has 0 saturated heterocycles. The maximum Gasteiger partial charge on any atom is 0.411 e. The van der Waals surface area contributed by atoms with E-state index in [1.165, 1.54) is 0 Å². The van der Waals surface area contributed by atoms with Crippen molar-refractivity contribution in [2.24, 2.45) is 0 Å². The van der Waals surface area contributed by atoms with Crippen molar-refractivity contribution < 1.29 is 32.2 Å². The van der Waals surface area contributed by atoms with Gasteiger partial charge in [-0.3, -0.25) is 4.79 Å². The molecule has 0 radical (unpaired) electrons.